The minimum Gasteiger partial charge on any atom is -0.468 e. The van der Waals surface area contributed by atoms with E-state index in [-0.39, 0.29) is 23.8 Å². The average Bonchev–Trinajstić information content (AvgIpc) is 3.44. The van der Waals surface area contributed by atoms with E-state index in [0.29, 0.717) is 23.6 Å². The third-order valence-corrected chi connectivity index (χ3v) is 6.47. The Hall–Kier alpha value is -3.57. The molecule has 0 aliphatic carbocycles. The zero-order valence-electron chi connectivity index (χ0n) is 17.6. The molecule has 0 saturated heterocycles. The van der Waals surface area contributed by atoms with Crippen molar-refractivity contribution < 1.29 is 17.6 Å². The third kappa shape index (κ3) is 4.68. The topological polar surface area (TPSA) is 131 Å². The fraction of sp³-hybridized carbons (Fsp3) is 0.238. The van der Waals surface area contributed by atoms with Crippen LogP contribution < -0.4 is 10.0 Å². The summed E-state index contributed by atoms with van der Waals surface area (Å²) in [5, 5.41) is 6.95. The third-order valence-electron chi connectivity index (χ3n) is 5.06. The van der Waals surface area contributed by atoms with Crippen molar-refractivity contribution in [1.29, 1.82) is 0 Å². The number of amides is 1. The molecule has 2 N–H and O–H groups in total. The molecule has 0 bridgehead atoms. The highest BCUT2D eigenvalue weighted by Crippen LogP contribution is 2.17. The number of nitrogens with zero attached hydrogens (tertiary/aromatic N) is 4. The lowest BCUT2D eigenvalue weighted by Crippen LogP contribution is -2.23. The standard InChI is InChI=1S/C21H22N6O4S/c1-14-19(15(2)27-21(25-14)22-13-23-27)9-10-20(28)26-16-5-7-18(8-6-16)32(29,30)24-12-17-4-3-11-31-17/h3-8,11,13,24H,9-10,12H2,1-2H3,(H,26,28). The molecule has 3 aromatic heterocycles. The summed E-state index contributed by atoms with van der Waals surface area (Å²) in [5.74, 6) is 0.858. The fourth-order valence-electron chi connectivity index (χ4n) is 3.36. The van der Waals surface area contributed by atoms with E-state index in [4.69, 9.17) is 4.42 Å². The van der Waals surface area contributed by atoms with Crippen LogP contribution in [-0.4, -0.2) is 33.9 Å². The Kier molecular flexibility index (Phi) is 6.01. The number of aryl methyl sites for hydroxylation is 2. The van der Waals surface area contributed by atoms with Crippen LogP contribution in [0.3, 0.4) is 0 Å². The van der Waals surface area contributed by atoms with E-state index in [1.807, 2.05) is 13.8 Å². The molecule has 11 heteroatoms. The van der Waals surface area contributed by atoms with Gasteiger partial charge in [-0.05, 0) is 62.2 Å². The zero-order valence-corrected chi connectivity index (χ0v) is 18.4. The number of rotatable bonds is 8. The first-order valence-electron chi connectivity index (χ1n) is 9.91. The van der Waals surface area contributed by atoms with E-state index in [1.54, 1.807) is 28.8 Å². The highest BCUT2D eigenvalue weighted by molar-refractivity contribution is 7.89. The van der Waals surface area contributed by atoms with Crippen LogP contribution >= 0.6 is 0 Å². The number of carbonyl (C=O) groups excluding carboxylic acids is 1. The monoisotopic (exact) mass is 454 g/mol. The Bertz CT molecular complexity index is 1350. The van der Waals surface area contributed by atoms with E-state index < -0.39 is 10.0 Å². The van der Waals surface area contributed by atoms with Crippen LogP contribution in [0.2, 0.25) is 0 Å². The molecule has 3 heterocycles. The predicted octanol–water partition coefficient (Wildman–Crippen LogP) is 2.38. The molecule has 0 fully saturated rings. The Morgan fingerprint density at radius 2 is 1.94 bits per heavy atom. The van der Waals surface area contributed by atoms with Gasteiger partial charge in [0, 0.05) is 23.5 Å². The van der Waals surface area contributed by atoms with Gasteiger partial charge in [0.1, 0.15) is 12.1 Å². The SMILES string of the molecule is Cc1nc2ncnn2c(C)c1CCC(=O)Nc1ccc(S(=O)(=O)NCc2ccco2)cc1. The van der Waals surface area contributed by atoms with Gasteiger partial charge in [-0.2, -0.15) is 10.1 Å². The molecule has 0 radical (unpaired) electrons. The van der Waals surface area contributed by atoms with Crippen molar-refractivity contribution >= 4 is 27.4 Å². The maximum Gasteiger partial charge on any atom is 0.252 e. The molecule has 166 valence electrons. The summed E-state index contributed by atoms with van der Waals surface area (Å²) in [7, 11) is -3.69. The summed E-state index contributed by atoms with van der Waals surface area (Å²) in [6.07, 6.45) is 3.67. The maximum atomic E-state index is 12.4. The van der Waals surface area contributed by atoms with Gasteiger partial charge >= 0.3 is 0 Å². The van der Waals surface area contributed by atoms with Crippen molar-refractivity contribution in [3.63, 3.8) is 0 Å². The first-order chi connectivity index (χ1) is 15.3. The Morgan fingerprint density at radius 3 is 2.66 bits per heavy atom. The molecule has 0 atom stereocenters. The van der Waals surface area contributed by atoms with Crippen molar-refractivity contribution in [2.45, 2.75) is 38.1 Å². The summed E-state index contributed by atoms with van der Waals surface area (Å²) in [6, 6.07) is 9.36. The number of hydrogen-bond acceptors (Lipinski definition) is 7. The summed E-state index contributed by atoms with van der Waals surface area (Å²) < 4.78 is 34.1. The molecule has 0 aliphatic rings. The number of fused-ring (bicyclic) bond motifs is 1. The molecular weight excluding hydrogens is 432 g/mol. The number of anilines is 1. The number of carbonyl (C=O) groups is 1. The predicted molar refractivity (Wildman–Crippen MR) is 116 cm³/mol. The molecule has 1 amide bonds. The van der Waals surface area contributed by atoms with Crippen LogP contribution in [0.15, 0.2) is 58.3 Å². The Balaban J connectivity index is 1.36. The lowest BCUT2D eigenvalue weighted by molar-refractivity contribution is -0.116. The van der Waals surface area contributed by atoms with Crippen molar-refractivity contribution in [3.05, 3.63) is 71.7 Å². The highest BCUT2D eigenvalue weighted by Gasteiger charge is 2.15. The molecule has 4 rings (SSSR count). The van der Waals surface area contributed by atoms with E-state index in [1.165, 1.54) is 24.7 Å². The minimum atomic E-state index is -3.69. The number of hydrogen-bond donors (Lipinski definition) is 2. The fourth-order valence-corrected chi connectivity index (χ4v) is 4.35. The Morgan fingerprint density at radius 1 is 1.16 bits per heavy atom. The summed E-state index contributed by atoms with van der Waals surface area (Å²) in [6.45, 7) is 3.86. The molecule has 0 unspecified atom stereocenters. The van der Waals surface area contributed by atoms with Crippen molar-refractivity contribution in [2.75, 3.05) is 5.32 Å². The first-order valence-corrected chi connectivity index (χ1v) is 11.4. The summed E-state index contributed by atoms with van der Waals surface area (Å²) in [5.41, 5.74) is 3.17. The molecule has 0 spiro atoms. The minimum absolute atomic E-state index is 0.0574. The van der Waals surface area contributed by atoms with Crippen LogP contribution in [0.25, 0.3) is 5.78 Å². The molecule has 10 nitrogen and oxygen atoms in total. The normalized spacial score (nSPS) is 11.7. The van der Waals surface area contributed by atoms with Gasteiger partial charge in [-0.3, -0.25) is 4.79 Å². The van der Waals surface area contributed by atoms with Crippen LogP contribution in [0.5, 0.6) is 0 Å². The van der Waals surface area contributed by atoms with E-state index >= 15 is 0 Å². The van der Waals surface area contributed by atoms with Crippen molar-refractivity contribution in [2.24, 2.45) is 0 Å². The van der Waals surface area contributed by atoms with E-state index in [9.17, 15) is 13.2 Å². The van der Waals surface area contributed by atoms with Gasteiger partial charge in [0.25, 0.3) is 5.78 Å². The molecule has 1 aromatic carbocycles. The second-order valence-electron chi connectivity index (χ2n) is 7.21. The van der Waals surface area contributed by atoms with Gasteiger partial charge in [-0.1, -0.05) is 0 Å². The average molecular weight is 455 g/mol. The zero-order chi connectivity index (χ0) is 22.7. The van der Waals surface area contributed by atoms with Gasteiger partial charge in [-0.15, -0.1) is 0 Å². The number of sulfonamides is 1. The van der Waals surface area contributed by atoms with Crippen LogP contribution in [0, 0.1) is 13.8 Å². The van der Waals surface area contributed by atoms with Gasteiger partial charge in [0.2, 0.25) is 15.9 Å². The van der Waals surface area contributed by atoms with Gasteiger partial charge in [-0.25, -0.2) is 22.6 Å². The Labute approximate surface area is 184 Å². The molecule has 32 heavy (non-hydrogen) atoms. The summed E-state index contributed by atoms with van der Waals surface area (Å²) >= 11 is 0. The largest absolute Gasteiger partial charge is 0.468 e. The van der Waals surface area contributed by atoms with E-state index in [2.05, 4.69) is 25.1 Å². The van der Waals surface area contributed by atoms with Crippen molar-refractivity contribution in [1.82, 2.24) is 24.3 Å². The number of benzene rings is 1. The maximum absolute atomic E-state index is 12.4. The summed E-state index contributed by atoms with van der Waals surface area (Å²) in [4.78, 5) is 21.0. The molecule has 4 aromatic rings. The van der Waals surface area contributed by atoms with E-state index in [0.717, 1.165) is 17.0 Å². The number of nitrogens with one attached hydrogen (secondary N) is 2. The van der Waals surface area contributed by atoms with Crippen LogP contribution in [-0.2, 0) is 27.8 Å². The molecule has 0 aliphatic heterocycles. The van der Waals surface area contributed by atoms with Gasteiger partial charge in [0.05, 0.1) is 17.7 Å². The van der Waals surface area contributed by atoms with Crippen molar-refractivity contribution in [3.8, 4) is 0 Å². The molecular formula is C21H22N6O4S. The van der Waals surface area contributed by atoms with Gasteiger partial charge in [0.15, 0.2) is 0 Å². The van der Waals surface area contributed by atoms with Crippen LogP contribution in [0.4, 0.5) is 5.69 Å². The van der Waals surface area contributed by atoms with Gasteiger partial charge < -0.3 is 9.73 Å². The lowest BCUT2D eigenvalue weighted by Gasteiger charge is -2.11. The quantitative estimate of drug-likeness (QED) is 0.418. The smallest absolute Gasteiger partial charge is 0.252 e. The van der Waals surface area contributed by atoms with Crippen LogP contribution in [0.1, 0.15) is 29.1 Å². The number of furan rings is 1. The second kappa shape index (κ2) is 8.89. The molecule has 0 saturated carbocycles. The first kappa shape index (κ1) is 21.7. The lowest BCUT2D eigenvalue weighted by atomic mass is 10.1. The number of aromatic nitrogens is 4. The second-order valence-corrected chi connectivity index (χ2v) is 8.98. The highest BCUT2D eigenvalue weighted by atomic mass is 32.2.